The Morgan fingerprint density at radius 2 is 1.81 bits per heavy atom. The minimum atomic E-state index is -3.57. The van der Waals surface area contributed by atoms with Crippen molar-refractivity contribution in [1.29, 1.82) is 0 Å². The topological polar surface area (TPSA) is 96.8 Å². The average molecular weight is 514 g/mol. The molecular formula is C26H35N5O4S. The number of sulfonamides is 1. The second-order valence-corrected chi connectivity index (χ2v) is 10.6. The molecule has 9 nitrogen and oxygen atoms in total. The van der Waals surface area contributed by atoms with Gasteiger partial charge >= 0.3 is 0 Å². The Morgan fingerprint density at radius 1 is 1.08 bits per heavy atom. The minimum Gasteiger partial charge on any atom is -0.378 e. The number of carbonyl (C=O) groups is 1. The largest absolute Gasteiger partial charge is 0.378 e. The molecule has 0 unspecified atom stereocenters. The first-order valence-electron chi connectivity index (χ1n) is 12.6. The van der Waals surface area contributed by atoms with Gasteiger partial charge in [-0.25, -0.2) is 13.4 Å². The number of morpholine rings is 1. The van der Waals surface area contributed by atoms with Gasteiger partial charge in [-0.1, -0.05) is 26.0 Å². The zero-order valence-electron chi connectivity index (χ0n) is 21.2. The number of ether oxygens (including phenoxy) is 1. The molecule has 1 saturated heterocycles. The van der Waals surface area contributed by atoms with Gasteiger partial charge in [0.05, 0.1) is 40.5 Å². The Morgan fingerprint density at radius 3 is 2.50 bits per heavy atom. The first kappa shape index (κ1) is 26.1. The molecule has 2 heterocycles. The maximum atomic E-state index is 13.0. The lowest BCUT2D eigenvalue weighted by molar-refractivity contribution is -0.116. The summed E-state index contributed by atoms with van der Waals surface area (Å²) in [7, 11) is -3.57. The van der Waals surface area contributed by atoms with E-state index in [0.29, 0.717) is 44.8 Å². The number of amides is 1. The van der Waals surface area contributed by atoms with E-state index in [1.165, 1.54) is 4.31 Å². The van der Waals surface area contributed by atoms with E-state index in [0.717, 1.165) is 35.8 Å². The zero-order valence-corrected chi connectivity index (χ0v) is 22.1. The smallest absolute Gasteiger partial charge is 0.243 e. The Kier molecular flexibility index (Phi) is 8.28. The van der Waals surface area contributed by atoms with Crippen molar-refractivity contribution in [3.8, 4) is 0 Å². The van der Waals surface area contributed by atoms with E-state index in [1.807, 2.05) is 55.7 Å². The van der Waals surface area contributed by atoms with Crippen molar-refractivity contribution in [2.24, 2.45) is 0 Å². The molecular weight excluding hydrogens is 478 g/mol. The van der Waals surface area contributed by atoms with Gasteiger partial charge in [-0.15, -0.1) is 0 Å². The predicted molar refractivity (Wildman–Crippen MR) is 142 cm³/mol. The van der Waals surface area contributed by atoms with Crippen LogP contribution in [0.4, 0.5) is 11.4 Å². The second kappa shape index (κ2) is 11.4. The van der Waals surface area contributed by atoms with Crippen molar-refractivity contribution < 1.29 is 17.9 Å². The fourth-order valence-electron chi connectivity index (χ4n) is 4.67. The van der Waals surface area contributed by atoms with Crippen molar-refractivity contribution >= 4 is 38.3 Å². The lowest BCUT2D eigenvalue weighted by Gasteiger charge is -2.30. The van der Waals surface area contributed by atoms with Crippen molar-refractivity contribution in [1.82, 2.24) is 13.9 Å². The first-order chi connectivity index (χ1) is 17.4. The maximum Gasteiger partial charge on any atom is 0.243 e. The highest BCUT2D eigenvalue weighted by Crippen LogP contribution is 2.27. The molecule has 1 fully saturated rings. The van der Waals surface area contributed by atoms with E-state index >= 15 is 0 Å². The van der Waals surface area contributed by atoms with Crippen LogP contribution in [-0.4, -0.2) is 67.6 Å². The molecule has 1 aromatic heterocycles. The maximum absolute atomic E-state index is 13.0. The third-order valence-corrected chi connectivity index (χ3v) is 8.61. The van der Waals surface area contributed by atoms with Crippen LogP contribution in [0.3, 0.4) is 0 Å². The Balaban J connectivity index is 1.50. The highest BCUT2D eigenvalue weighted by atomic mass is 32.2. The first-order valence-corrected chi connectivity index (χ1v) is 14.0. The number of imidazole rings is 1. The number of nitrogens with zero attached hydrogens (tertiary/aromatic N) is 4. The number of para-hydroxylation sites is 2. The molecule has 0 spiro atoms. The molecule has 36 heavy (non-hydrogen) atoms. The predicted octanol–water partition coefficient (Wildman–Crippen LogP) is 3.49. The van der Waals surface area contributed by atoms with Crippen molar-refractivity contribution in [2.75, 3.05) is 49.6 Å². The van der Waals surface area contributed by atoms with Crippen molar-refractivity contribution in [3.05, 3.63) is 48.3 Å². The third-order valence-electron chi connectivity index (χ3n) is 6.56. The van der Waals surface area contributed by atoms with Gasteiger partial charge in [-0.3, -0.25) is 4.79 Å². The summed E-state index contributed by atoms with van der Waals surface area (Å²) >= 11 is 0. The van der Waals surface area contributed by atoms with Crippen molar-refractivity contribution in [3.63, 3.8) is 0 Å². The molecule has 194 valence electrons. The highest BCUT2D eigenvalue weighted by molar-refractivity contribution is 7.89. The zero-order chi connectivity index (χ0) is 25.7. The SMILES string of the molecule is CCN(CC)S(=O)(=O)c1ccc2c(c1)nc(CCC(=O)Nc1ccccc1N1CCOCC1)n2CC. The van der Waals surface area contributed by atoms with Gasteiger partial charge in [-0.2, -0.15) is 4.31 Å². The average Bonchev–Trinajstić information content (AvgIpc) is 3.25. The second-order valence-electron chi connectivity index (χ2n) is 8.68. The molecule has 1 aliphatic heterocycles. The van der Waals surface area contributed by atoms with Gasteiger partial charge in [0.25, 0.3) is 0 Å². The normalized spacial score (nSPS) is 14.5. The molecule has 10 heteroatoms. The van der Waals surface area contributed by atoms with E-state index in [-0.39, 0.29) is 17.2 Å². The summed E-state index contributed by atoms with van der Waals surface area (Å²) in [6.07, 6.45) is 0.720. The van der Waals surface area contributed by atoms with Gasteiger partial charge in [0, 0.05) is 45.6 Å². The van der Waals surface area contributed by atoms with E-state index in [4.69, 9.17) is 9.72 Å². The van der Waals surface area contributed by atoms with Crippen LogP contribution in [-0.2, 0) is 32.5 Å². The highest BCUT2D eigenvalue weighted by Gasteiger charge is 2.23. The lowest BCUT2D eigenvalue weighted by Crippen LogP contribution is -2.36. The molecule has 1 N–H and O–H groups in total. The van der Waals surface area contributed by atoms with Crippen LogP contribution in [0.2, 0.25) is 0 Å². The molecule has 3 aromatic rings. The van der Waals surface area contributed by atoms with Crippen LogP contribution in [0, 0.1) is 0 Å². The van der Waals surface area contributed by atoms with Crippen LogP contribution in [0.15, 0.2) is 47.4 Å². The molecule has 0 saturated carbocycles. The molecule has 1 amide bonds. The van der Waals surface area contributed by atoms with Gasteiger partial charge in [-0.05, 0) is 37.3 Å². The Bertz CT molecular complexity index is 1310. The van der Waals surface area contributed by atoms with Crippen LogP contribution in [0.5, 0.6) is 0 Å². The summed E-state index contributed by atoms with van der Waals surface area (Å²) in [6, 6.07) is 12.9. The number of benzene rings is 2. The number of aromatic nitrogens is 2. The van der Waals surface area contributed by atoms with Crippen LogP contribution >= 0.6 is 0 Å². The third kappa shape index (κ3) is 5.40. The summed E-state index contributed by atoms with van der Waals surface area (Å²) in [5.74, 6) is 0.678. The van der Waals surface area contributed by atoms with Gasteiger partial charge in [0.15, 0.2) is 0 Å². The monoisotopic (exact) mass is 513 g/mol. The number of nitrogens with one attached hydrogen (secondary N) is 1. The van der Waals surface area contributed by atoms with Crippen LogP contribution in [0.25, 0.3) is 11.0 Å². The van der Waals surface area contributed by atoms with Gasteiger partial charge in [0.2, 0.25) is 15.9 Å². The number of hydrogen-bond donors (Lipinski definition) is 1. The number of carbonyl (C=O) groups excluding carboxylic acids is 1. The molecule has 4 rings (SSSR count). The fraction of sp³-hybridized carbons (Fsp3) is 0.462. The molecule has 0 atom stereocenters. The fourth-order valence-corrected chi connectivity index (χ4v) is 6.15. The van der Waals surface area contributed by atoms with Gasteiger partial charge < -0.3 is 19.5 Å². The summed E-state index contributed by atoms with van der Waals surface area (Å²) in [5.41, 5.74) is 3.28. The number of fused-ring (bicyclic) bond motifs is 1. The summed E-state index contributed by atoms with van der Waals surface area (Å²) in [4.78, 5) is 20.1. The molecule has 2 aromatic carbocycles. The van der Waals surface area contributed by atoms with E-state index in [1.54, 1.807) is 12.1 Å². The Hall–Kier alpha value is -2.95. The molecule has 0 radical (unpaired) electrons. The summed E-state index contributed by atoms with van der Waals surface area (Å²) < 4.78 is 34.8. The quantitative estimate of drug-likeness (QED) is 0.446. The van der Waals surface area contributed by atoms with Crippen molar-refractivity contribution in [2.45, 2.75) is 45.1 Å². The summed E-state index contributed by atoms with van der Waals surface area (Å²) in [5, 5.41) is 3.06. The summed E-state index contributed by atoms with van der Waals surface area (Å²) in [6.45, 7) is 10.1. The number of hydrogen-bond acceptors (Lipinski definition) is 6. The van der Waals surface area contributed by atoms with E-state index < -0.39 is 10.0 Å². The number of anilines is 2. The van der Waals surface area contributed by atoms with E-state index in [9.17, 15) is 13.2 Å². The number of rotatable bonds is 10. The molecule has 0 bridgehead atoms. The van der Waals surface area contributed by atoms with Crippen LogP contribution < -0.4 is 10.2 Å². The minimum absolute atomic E-state index is 0.0878. The lowest BCUT2D eigenvalue weighted by atomic mass is 10.2. The molecule has 0 aliphatic carbocycles. The standard InChI is InChI=1S/C26H35N5O4S/c1-4-30(5-2)36(33,34)20-11-12-24-22(19-20)27-25(31(24)6-3)13-14-26(32)28-21-9-7-8-10-23(21)29-15-17-35-18-16-29/h7-12,19H,4-6,13-18H2,1-3H3,(H,28,32). The van der Waals surface area contributed by atoms with Crippen LogP contribution in [0.1, 0.15) is 33.0 Å². The molecule has 1 aliphatic rings. The Labute approximate surface area is 213 Å². The number of aryl methyl sites for hydroxylation is 2. The van der Waals surface area contributed by atoms with Gasteiger partial charge in [0.1, 0.15) is 5.82 Å². The van der Waals surface area contributed by atoms with E-state index in [2.05, 4.69) is 10.2 Å².